The van der Waals surface area contributed by atoms with E-state index in [1.165, 1.54) is 0 Å². The van der Waals surface area contributed by atoms with E-state index in [9.17, 15) is 4.79 Å². The zero-order valence-electron chi connectivity index (χ0n) is 12.6. The van der Waals surface area contributed by atoms with Crippen LogP contribution in [0.3, 0.4) is 0 Å². The summed E-state index contributed by atoms with van der Waals surface area (Å²) in [6, 6.07) is 4.60. The van der Waals surface area contributed by atoms with Gasteiger partial charge in [-0.15, -0.1) is 0 Å². The first-order valence-corrected chi connectivity index (χ1v) is 7.27. The van der Waals surface area contributed by atoms with Crippen molar-refractivity contribution in [3.8, 4) is 11.5 Å². The maximum Gasteiger partial charge on any atom is 0.504 e. The Morgan fingerprint density at radius 1 is 1.55 bits per heavy atom. The number of aliphatic hydroxyl groups is 1. The van der Waals surface area contributed by atoms with Gasteiger partial charge in [-0.1, -0.05) is 13.0 Å². The number of amides is 1. The Morgan fingerprint density at radius 3 is 2.86 bits per heavy atom. The molecule has 8 heteroatoms. The number of nitrogens with two attached hydrogens (primary N) is 1. The molecule has 1 amide bonds. The van der Waals surface area contributed by atoms with Gasteiger partial charge in [-0.2, -0.15) is 0 Å². The van der Waals surface area contributed by atoms with Crippen molar-refractivity contribution in [2.45, 2.75) is 25.5 Å². The minimum Gasteiger partial charge on any atom is -0.538 e. The van der Waals surface area contributed by atoms with Gasteiger partial charge in [-0.3, -0.25) is 4.79 Å². The second-order valence-electron chi connectivity index (χ2n) is 5.17. The summed E-state index contributed by atoms with van der Waals surface area (Å²) in [5.74, 6) is 0.953. The SMILES string of the molecule is CCc1ccc(OC2CN(C(=O)C(N)CO)C2)cc1OBO. The number of benzene rings is 1. The summed E-state index contributed by atoms with van der Waals surface area (Å²) in [6.07, 6.45) is 0.685. The van der Waals surface area contributed by atoms with E-state index in [4.69, 9.17) is 25.3 Å². The molecule has 1 aromatic carbocycles. The largest absolute Gasteiger partial charge is 0.538 e. The van der Waals surface area contributed by atoms with Crippen molar-refractivity contribution in [1.82, 2.24) is 4.90 Å². The highest BCUT2D eigenvalue weighted by molar-refractivity contribution is 6.17. The number of rotatable bonds is 7. The monoisotopic (exact) mass is 308 g/mol. The molecule has 4 N–H and O–H groups in total. The van der Waals surface area contributed by atoms with Crippen LogP contribution in [-0.4, -0.2) is 60.5 Å². The van der Waals surface area contributed by atoms with Crippen molar-refractivity contribution >= 4 is 13.6 Å². The van der Waals surface area contributed by atoms with Crippen molar-refractivity contribution in [3.05, 3.63) is 23.8 Å². The number of nitrogens with zero attached hydrogens (tertiary/aromatic N) is 1. The van der Waals surface area contributed by atoms with Crippen LogP contribution >= 0.6 is 0 Å². The van der Waals surface area contributed by atoms with Crippen LogP contribution in [0.5, 0.6) is 11.5 Å². The lowest BCUT2D eigenvalue weighted by Gasteiger charge is -2.40. The predicted octanol–water partition coefficient (Wildman–Crippen LogP) is -1.20. The molecule has 0 saturated carbocycles. The van der Waals surface area contributed by atoms with Crippen molar-refractivity contribution < 1.29 is 24.3 Å². The first-order valence-electron chi connectivity index (χ1n) is 7.27. The Labute approximate surface area is 129 Å². The average Bonchev–Trinajstić information content (AvgIpc) is 2.49. The van der Waals surface area contributed by atoms with Gasteiger partial charge >= 0.3 is 7.69 Å². The number of ether oxygens (including phenoxy) is 1. The van der Waals surface area contributed by atoms with Crippen LogP contribution in [-0.2, 0) is 11.2 Å². The van der Waals surface area contributed by atoms with E-state index in [1.807, 2.05) is 19.1 Å². The second-order valence-corrected chi connectivity index (χ2v) is 5.17. The van der Waals surface area contributed by atoms with Gasteiger partial charge in [0.05, 0.1) is 19.7 Å². The molecule has 1 unspecified atom stereocenters. The maximum atomic E-state index is 11.7. The number of hydrogen-bond donors (Lipinski definition) is 3. The zero-order valence-corrected chi connectivity index (χ0v) is 12.6. The fourth-order valence-corrected chi connectivity index (χ4v) is 2.30. The molecule has 1 saturated heterocycles. The Kier molecular flexibility index (Phi) is 5.65. The quantitative estimate of drug-likeness (QED) is 0.546. The molecule has 1 atom stereocenters. The number of carbonyl (C=O) groups is 1. The molecule has 1 aliphatic rings. The highest BCUT2D eigenvalue weighted by Gasteiger charge is 2.34. The first-order chi connectivity index (χ1) is 10.6. The minimum atomic E-state index is -0.866. The maximum absolute atomic E-state index is 11.7. The van der Waals surface area contributed by atoms with Crippen LogP contribution in [0.15, 0.2) is 18.2 Å². The lowest BCUT2D eigenvalue weighted by atomic mass is 10.1. The number of carbonyl (C=O) groups excluding carboxylic acids is 1. The summed E-state index contributed by atoms with van der Waals surface area (Å²) < 4.78 is 10.9. The molecular formula is C14H21BN2O5. The molecule has 1 heterocycles. The van der Waals surface area contributed by atoms with Crippen molar-refractivity contribution in [2.75, 3.05) is 19.7 Å². The van der Waals surface area contributed by atoms with Crippen LogP contribution in [0.2, 0.25) is 0 Å². The topological polar surface area (TPSA) is 105 Å². The van der Waals surface area contributed by atoms with E-state index < -0.39 is 6.04 Å². The molecule has 22 heavy (non-hydrogen) atoms. The summed E-state index contributed by atoms with van der Waals surface area (Å²) in [6.45, 7) is 2.53. The molecule has 7 nitrogen and oxygen atoms in total. The van der Waals surface area contributed by atoms with E-state index in [1.54, 1.807) is 11.0 Å². The van der Waals surface area contributed by atoms with E-state index in [2.05, 4.69) is 0 Å². The third-order valence-corrected chi connectivity index (χ3v) is 3.62. The molecular weight excluding hydrogens is 287 g/mol. The van der Waals surface area contributed by atoms with E-state index in [0.717, 1.165) is 12.0 Å². The molecule has 1 aromatic rings. The Morgan fingerprint density at radius 2 is 2.27 bits per heavy atom. The molecule has 1 aliphatic heterocycles. The Hall–Kier alpha value is -1.77. The smallest absolute Gasteiger partial charge is 0.504 e. The van der Waals surface area contributed by atoms with Gasteiger partial charge in [0.2, 0.25) is 5.91 Å². The lowest BCUT2D eigenvalue weighted by molar-refractivity contribution is -0.142. The predicted molar refractivity (Wildman–Crippen MR) is 81.9 cm³/mol. The number of aliphatic hydroxyl groups excluding tert-OH is 1. The molecule has 2 rings (SSSR count). The van der Waals surface area contributed by atoms with Crippen LogP contribution in [0.4, 0.5) is 0 Å². The zero-order chi connectivity index (χ0) is 16.1. The number of likely N-dealkylation sites (tertiary alicyclic amines) is 1. The molecule has 0 aromatic heterocycles. The first kappa shape index (κ1) is 16.6. The summed E-state index contributed by atoms with van der Waals surface area (Å²) in [4.78, 5) is 13.3. The standard InChI is InChI=1S/C14H21BN2O5/c1-2-9-3-4-10(5-13(9)22-15-20)21-11-6-17(7-11)14(19)12(16)8-18/h3-5,11-12,15,18,20H,2,6-8,16H2,1H3. The molecule has 120 valence electrons. The van der Waals surface area contributed by atoms with Crippen LogP contribution in [0.25, 0.3) is 0 Å². The van der Waals surface area contributed by atoms with E-state index in [-0.39, 0.29) is 26.3 Å². The van der Waals surface area contributed by atoms with Gasteiger partial charge in [0.1, 0.15) is 23.6 Å². The number of hydrogen-bond acceptors (Lipinski definition) is 6. The average molecular weight is 308 g/mol. The van der Waals surface area contributed by atoms with Gasteiger partial charge in [0.25, 0.3) is 0 Å². The summed E-state index contributed by atoms with van der Waals surface area (Å²) in [7, 11) is -0.388. The van der Waals surface area contributed by atoms with E-state index in [0.29, 0.717) is 24.6 Å². The Balaban J connectivity index is 1.91. The minimum absolute atomic E-state index is 0.107. The van der Waals surface area contributed by atoms with Crippen molar-refractivity contribution in [1.29, 1.82) is 0 Å². The van der Waals surface area contributed by atoms with Crippen LogP contribution < -0.4 is 15.1 Å². The molecule has 0 bridgehead atoms. The summed E-state index contributed by atoms with van der Waals surface area (Å²) in [5.41, 5.74) is 6.47. The molecule has 0 spiro atoms. The molecule has 1 fully saturated rings. The Bertz CT molecular complexity index is 522. The second kappa shape index (κ2) is 7.48. The van der Waals surface area contributed by atoms with Crippen molar-refractivity contribution in [3.63, 3.8) is 0 Å². The molecule has 0 radical (unpaired) electrons. The lowest BCUT2D eigenvalue weighted by Crippen LogP contribution is -2.60. The third kappa shape index (κ3) is 3.71. The fraction of sp³-hybridized carbons (Fsp3) is 0.500. The summed E-state index contributed by atoms with van der Waals surface area (Å²) in [5, 5.41) is 17.8. The van der Waals surface area contributed by atoms with Crippen molar-refractivity contribution in [2.24, 2.45) is 5.73 Å². The highest BCUT2D eigenvalue weighted by atomic mass is 16.5. The molecule has 0 aliphatic carbocycles. The van der Waals surface area contributed by atoms with Gasteiger partial charge in [-0.25, -0.2) is 0 Å². The number of aryl methyl sites for hydroxylation is 1. The summed E-state index contributed by atoms with van der Waals surface area (Å²) >= 11 is 0. The normalized spacial score (nSPS) is 15.9. The van der Waals surface area contributed by atoms with Gasteiger partial charge in [0, 0.05) is 6.07 Å². The van der Waals surface area contributed by atoms with Gasteiger partial charge in [-0.05, 0) is 18.1 Å². The van der Waals surface area contributed by atoms with Crippen LogP contribution in [0.1, 0.15) is 12.5 Å². The fourth-order valence-electron chi connectivity index (χ4n) is 2.30. The van der Waals surface area contributed by atoms with Crippen LogP contribution in [0, 0.1) is 0 Å². The van der Waals surface area contributed by atoms with E-state index >= 15 is 0 Å². The highest BCUT2D eigenvalue weighted by Crippen LogP contribution is 2.27. The van der Waals surface area contributed by atoms with Gasteiger partial charge in [0.15, 0.2) is 0 Å². The van der Waals surface area contributed by atoms with Gasteiger partial charge < -0.3 is 30.2 Å². The third-order valence-electron chi connectivity index (χ3n) is 3.62.